The van der Waals surface area contributed by atoms with Gasteiger partial charge in [-0.05, 0) is 50.3 Å². The van der Waals surface area contributed by atoms with Crippen LogP contribution in [0.2, 0.25) is 0 Å². The maximum absolute atomic E-state index is 9.79. The number of rotatable bonds is 2. The highest BCUT2D eigenvalue weighted by atomic mass is 16.3. The second kappa shape index (κ2) is 4.85. The number of nitrogen functional groups attached to an aromatic ring is 1. The summed E-state index contributed by atoms with van der Waals surface area (Å²) in [6.45, 7) is 2.98. The van der Waals surface area contributed by atoms with Gasteiger partial charge in [0, 0.05) is 12.2 Å². The van der Waals surface area contributed by atoms with Crippen molar-refractivity contribution >= 4 is 16.7 Å². The number of anilines is 1. The number of fused-ring (bicyclic) bond motifs is 1. The Balaban J connectivity index is 1.89. The van der Waals surface area contributed by atoms with Crippen LogP contribution in [0.4, 0.5) is 5.69 Å². The number of aliphatic hydroxyl groups excluding tert-OH is 1. The Kier molecular flexibility index (Phi) is 3.19. The van der Waals surface area contributed by atoms with Gasteiger partial charge in [0.05, 0.1) is 17.1 Å². The van der Waals surface area contributed by atoms with Crippen LogP contribution in [0.5, 0.6) is 0 Å². The normalized spacial score (nSPS) is 23.9. The highest BCUT2D eigenvalue weighted by Gasteiger charge is 2.21. The van der Waals surface area contributed by atoms with Crippen molar-refractivity contribution in [2.45, 2.75) is 45.3 Å². The molecule has 0 amide bonds. The SMILES string of the molecule is Cc1nc2cc(N)ccc2n1CC1CCCC(O)C1. The van der Waals surface area contributed by atoms with Gasteiger partial charge in [-0.15, -0.1) is 0 Å². The summed E-state index contributed by atoms with van der Waals surface area (Å²) in [5.41, 5.74) is 8.67. The second-order valence-corrected chi connectivity index (χ2v) is 5.70. The summed E-state index contributed by atoms with van der Waals surface area (Å²) in [7, 11) is 0. The molecule has 2 unspecified atom stereocenters. The number of hydrogen-bond acceptors (Lipinski definition) is 3. The van der Waals surface area contributed by atoms with E-state index in [0.29, 0.717) is 5.92 Å². The van der Waals surface area contributed by atoms with Gasteiger partial charge in [0.1, 0.15) is 5.82 Å². The Morgan fingerprint density at radius 3 is 3.05 bits per heavy atom. The second-order valence-electron chi connectivity index (χ2n) is 5.70. The lowest BCUT2D eigenvalue weighted by Gasteiger charge is -2.26. The lowest BCUT2D eigenvalue weighted by Crippen LogP contribution is -2.23. The molecule has 3 rings (SSSR count). The quantitative estimate of drug-likeness (QED) is 0.814. The van der Waals surface area contributed by atoms with Crippen LogP contribution >= 0.6 is 0 Å². The maximum Gasteiger partial charge on any atom is 0.106 e. The van der Waals surface area contributed by atoms with E-state index in [-0.39, 0.29) is 6.10 Å². The van der Waals surface area contributed by atoms with Gasteiger partial charge in [-0.2, -0.15) is 0 Å². The molecule has 1 heterocycles. The summed E-state index contributed by atoms with van der Waals surface area (Å²) in [5.74, 6) is 1.58. The molecule has 1 saturated carbocycles. The Hall–Kier alpha value is -1.55. The van der Waals surface area contributed by atoms with Gasteiger partial charge >= 0.3 is 0 Å². The predicted molar refractivity (Wildman–Crippen MR) is 76.8 cm³/mol. The molecular weight excluding hydrogens is 238 g/mol. The molecular formula is C15H21N3O. The topological polar surface area (TPSA) is 64.1 Å². The zero-order valence-corrected chi connectivity index (χ0v) is 11.3. The molecule has 0 bridgehead atoms. The fourth-order valence-electron chi connectivity index (χ4n) is 3.18. The van der Waals surface area contributed by atoms with Crippen LogP contribution in [0, 0.1) is 12.8 Å². The largest absolute Gasteiger partial charge is 0.399 e. The van der Waals surface area contributed by atoms with Gasteiger partial charge < -0.3 is 15.4 Å². The van der Waals surface area contributed by atoms with Crippen molar-refractivity contribution in [1.29, 1.82) is 0 Å². The molecule has 4 nitrogen and oxygen atoms in total. The van der Waals surface area contributed by atoms with Gasteiger partial charge in [0.2, 0.25) is 0 Å². The maximum atomic E-state index is 9.79. The van der Waals surface area contributed by atoms with E-state index >= 15 is 0 Å². The monoisotopic (exact) mass is 259 g/mol. The zero-order valence-electron chi connectivity index (χ0n) is 11.3. The number of benzene rings is 1. The van der Waals surface area contributed by atoms with Gasteiger partial charge in [0.25, 0.3) is 0 Å². The number of imidazole rings is 1. The minimum absolute atomic E-state index is 0.121. The Morgan fingerprint density at radius 1 is 1.42 bits per heavy atom. The highest BCUT2D eigenvalue weighted by Crippen LogP contribution is 2.28. The number of aryl methyl sites for hydroxylation is 1. The van der Waals surface area contributed by atoms with Gasteiger partial charge in [-0.25, -0.2) is 4.98 Å². The van der Waals surface area contributed by atoms with E-state index in [1.165, 1.54) is 6.42 Å². The van der Waals surface area contributed by atoms with E-state index in [0.717, 1.165) is 48.4 Å². The molecule has 2 atom stereocenters. The summed E-state index contributed by atoms with van der Waals surface area (Å²) >= 11 is 0. The van der Waals surface area contributed by atoms with Gasteiger partial charge in [0.15, 0.2) is 0 Å². The molecule has 0 radical (unpaired) electrons. The van der Waals surface area contributed by atoms with Crippen molar-refractivity contribution in [2.75, 3.05) is 5.73 Å². The molecule has 4 heteroatoms. The lowest BCUT2D eigenvalue weighted by molar-refractivity contribution is 0.0955. The third kappa shape index (κ3) is 2.45. The average molecular weight is 259 g/mol. The van der Waals surface area contributed by atoms with E-state index in [1.807, 2.05) is 25.1 Å². The van der Waals surface area contributed by atoms with Gasteiger partial charge in [-0.3, -0.25) is 0 Å². The standard InChI is InChI=1S/C15H21N3O/c1-10-17-14-8-12(16)5-6-15(14)18(10)9-11-3-2-4-13(19)7-11/h5-6,8,11,13,19H,2-4,7,9,16H2,1H3. The van der Waals surface area contributed by atoms with Crippen LogP contribution in [-0.2, 0) is 6.54 Å². The van der Waals surface area contributed by atoms with Crippen LogP contribution in [0.25, 0.3) is 11.0 Å². The number of aromatic nitrogens is 2. The molecule has 0 saturated heterocycles. The molecule has 1 fully saturated rings. The minimum atomic E-state index is -0.121. The van der Waals surface area contributed by atoms with E-state index in [9.17, 15) is 5.11 Å². The van der Waals surface area contributed by atoms with Crippen LogP contribution in [0.15, 0.2) is 18.2 Å². The lowest BCUT2D eigenvalue weighted by atomic mass is 9.87. The molecule has 3 N–H and O–H groups in total. The number of aliphatic hydroxyl groups is 1. The third-order valence-corrected chi connectivity index (χ3v) is 4.16. The summed E-state index contributed by atoms with van der Waals surface area (Å²) in [6.07, 6.45) is 4.07. The Labute approximate surface area is 113 Å². The summed E-state index contributed by atoms with van der Waals surface area (Å²) in [6, 6.07) is 5.90. The average Bonchev–Trinajstić information content (AvgIpc) is 2.65. The van der Waals surface area contributed by atoms with E-state index < -0.39 is 0 Å². The molecule has 1 aromatic carbocycles. The van der Waals surface area contributed by atoms with Crippen LogP contribution < -0.4 is 5.73 Å². The number of nitrogens with two attached hydrogens (primary N) is 1. The molecule has 19 heavy (non-hydrogen) atoms. The first-order chi connectivity index (χ1) is 9.13. The molecule has 102 valence electrons. The van der Waals surface area contributed by atoms with Crippen molar-refractivity contribution in [2.24, 2.45) is 5.92 Å². The molecule has 0 aliphatic heterocycles. The van der Waals surface area contributed by atoms with Crippen molar-refractivity contribution in [3.63, 3.8) is 0 Å². The minimum Gasteiger partial charge on any atom is -0.399 e. The predicted octanol–water partition coefficient (Wildman–Crippen LogP) is 2.48. The first-order valence-electron chi connectivity index (χ1n) is 7.04. The van der Waals surface area contributed by atoms with Crippen LogP contribution in [-0.4, -0.2) is 20.8 Å². The first kappa shape index (κ1) is 12.5. The summed E-state index contributed by atoms with van der Waals surface area (Å²) in [4.78, 5) is 4.58. The van der Waals surface area contributed by atoms with Crippen molar-refractivity contribution in [3.8, 4) is 0 Å². The van der Waals surface area contributed by atoms with Gasteiger partial charge in [-0.1, -0.05) is 6.42 Å². The van der Waals surface area contributed by atoms with E-state index in [1.54, 1.807) is 0 Å². The van der Waals surface area contributed by atoms with Crippen molar-refractivity contribution < 1.29 is 5.11 Å². The molecule has 1 aromatic heterocycles. The molecule has 2 aromatic rings. The van der Waals surface area contributed by atoms with Crippen molar-refractivity contribution in [3.05, 3.63) is 24.0 Å². The Morgan fingerprint density at radius 2 is 2.26 bits per heavy atom. The molecule has 1 aliphatic carbocycles. The van der Waals surface area contributed by atoms with Crippen LogP contribution in [0.3, 0.4) is 0 Å². The molecule has 1 aliphatic rings. The van der Waals surface area contributed by atoms with Crippen LogP contribution in [0.1, 0.15) is 31.5 Å². The van der Waals surface area contributed by atoms with Crippen molar-refractivity contribution in [1.82, 2.24) is 9.55 Å². The first-order valence-corrected chi connectivity index (χ1v) is 7.04. The van der Waals surface area contributed by atoms with E-state index in [4.69, 9.17) is 5.73 Å². The van der Waals surface area contributed by atoms with E-state index in [2.05, 4.69) is 9.55 Å². The molecule has 0 spiro atoms. The fourth-order valence-corrected chi connectivity index (χ4v) is 3.18. The zero-order chi connectivity index (χ0) is 13.4. The summed E-state index contributed by atoms with van der Waals surface area (Å²) in [5, 5.41) is 9.79. The summed E-state index contributed by atoms with van der Waals surface area (Å²) < 4.78 is 2.26. The fraction of sp³-hybridized carbons (Fsp3) is 0.533. The Bertz CT molecular complexity index is 590. The number of nitrogens with zero attached hydrogens (tertiary/aromatic N) is 2. The highest BCUT2D eigenvalue weighted by molar-refractivity contribution is 5.79. The third-order valence-electron chi connectivity index (χ3n) is 4.16. The number of hydrogen-bond donors (Lipinski definition) is 2. The smallest absolute Gasteiger partial charge is 0.106 e.